The van der Waals surface area contributed by atoms with E-state index < -0.39 is 0 Å². The molecule has 0 saturated carbocycles. The van der Waals surface area contributed by atoms with Crippen molar-refractivity contribution >= 4 is 5.82 Å². The summed E-state index contributed by atoms with van der Waals surface area (Å²) < 4.78 is 0. The van der Waals surface area contributed by atoms with Gasteiger partial charge in [0.1, 0.15) is 11.6 Å². The Hall–Kier alpha value is -2.21. The Kier molecular flexibility index (Phi) is 5.18. The van der Waals surface area contributed by atoms with Gasteiger partial charge < -0.3 is 9.88 Å². The minimum atomic E-state index is 0.0332. The van der Waals surface area contributed by atoms with Gasteiger partial charge in [-0.3, -0.25) is 9.69 Å². The average molecular weight is 341 g/mol. The van der Waals surface area contributed by atoms with E-state index in [0.717, 1.165) is 55.4 Å². The van der Waals surface area contributed by atoms with E-state index in [-0.39, 0.29) is 11.5 Å². The number of aromatic nitrogens is 3. The Labute approximate surface area is 148 Å². The molecule has 6 nitrogen and oxygen atoms in total. The van der Waals surface area contributed by atoms with Gasteiger partial charge in [0.25, 0.3) is 5.56 Å². The Morgan fingerprint density at radius 1 is 1.28 bits per heavy atom. The molecule has 2 aromatic heterocycles. The van der Waals surface area contributed by atoms with Crippen molar-refractivity contribution in [2.75, 3.05) is 32.1 Å². The maximum Gasteiger partial charge on any atom is 0.254 e. The monoisotopic (exact) mass is 341 g/mol. The number of hydrogen-bond donors (Lipinski definition) is 1. The molecule has 1 N–H and O–H groups in total. The molecular formula is C19H27N5O. The zero-order valence-corrected chi connectivity index (χ0v) is 15.5. The summed E-state index contributed by atoms with van der Waals surface area (Å²) in [6.07, 6.45) is 3.39. The number of pyridine rings is 1. The summed E-state index contributed by atoms with van der Waals surface area (Å²) in [5, 5.41) is 0. The number of nitrogens with zero attached hydrogens (tertiary/aromatic N) is 4. The smallest absolute Gasteiger partial charge is 0.254 e. The lowest BCUT2D eigenvalue weighted by Crippen LogP contribution is -2.27. The molecular weight excluding hydrogens is 314 g/mol. The molecule has 134 valence electrons. The van der Waals surface area contributed by atoms with E-state index >= 15 is 0 Å². The van der Waals surface area contributed by atoms with Gasteiger partial charge in [-0.25, -0.2) is 9.97 Å². The summed E-state index contributed by atoms with van der Waals surface area (Å²) >= 11 is 0. The fourth-order valence-electron chi connectivity index (χ4n) is 3.30. The molecule has 0 aliphatic carbocycles. The summed E-state index contributed by atoms with van der Waals surface area (Å²) in [5.41, 5.74) is 3.06. The Balaban J connectivity index is 1.79. The molecule has 0 radical (unpaired) electrons. The van der Waals surface area contributed by atoms with E-state index in [1.165, 1.54) is 5.56 Å². The molecule has 0 bridgehead atoms. The Morgan fingerprint density at radius 2 is 2.04 bits per heavy atom. The van der Waals surface area contributed by atoms with Crippen LogP contribution in [0.3, 0.4) is 0 Å². The van der Waals surface area contributed by atoms with Crippen molar-refractivity contribution in [3.63, 3.8) is 0 Å². The second kappa shape index (κ2) is 7.35. The molecule has 0 aromatic carbocycles. The SMILES string of the molecule is CC(C)c1nc2c(c(=O)[nH]1)CCN(Cc1cccnc1N(C)C)CC2. The normalized spacial score (nSPS) is 15.1. The minimum absolute atomic E-state index is 0.0332. The van der Waals surface area contributed by atoms with Crippen LogP contribution in [0.1, 0.15) is 42.4 Å². The third-order valence-electron chi connectivity index (χ3n) is 4.69. The van der Waals surface area contributed by atoms with E-state index in [1.807, 2.05) is 31.3 Å². The van der Waals surface area contributed by atoms with Crippen LogP contribution >= 0.6 is 0 Å². The summed E-state index contributed by atoms with van der Waals surface area (Å²) in [4.78, 5) is 29.0. The van der Waals surface area contributed by atoms with E-state index in [2.05, 4.69) is 34.8 Å². The molecule has 2 aromatic rings. The number of H-pyrrole nitrogens is 1. The van der Waals surface area contributed by atoms with Gasteiger partial charge in [0.2, 0.25) is 0 Å². The van der Waals surface area contributed by atoms with Crippen molar-refractivity contribution in [2.24, 2.45) is 0 Å². The number of hydrogen-bond acceptors (Lipinski definition) is 5. The highest BCUT2D eigenvalue weighted by molar-refractivity contribution is 5.45. The fraction of sp³-hybridized carbons (Fsp3) is 0.526. The molecule has 0 saturated heterocycles. The van der Waals surface area contributed by atoms with E-state index in [1.54, 1.807) is 0 Å². The highest BCUT2D eigenvalue weighted by Crippen LogP contribution is 2.19. The second-order valence-corrected chi connectivity index (χ2v) is 7.19. The summed E-state index contributed by atoms with van der Waals surface area (Å²) in [7, 11) is 4.03. The first-order valence-electron chi connectivity index (χ1n) is 8.91. The van der Waals surface area contributed by atoms with Gasteiger partial charge in [-0.15, -0.1) is 0 Å². The lowest BCUT2D eigenvalue weighted by atomic mass is 10.1. The third-order valence-corrected chi connectivity index (χ3v) is 4.69. The molecule has 25 heavy (non-hydrogen) atoms. The maximum atomic E-state index is 12.4. The first-order valence-corrected chi connectivity index (χ1v) is 8.91. The maximum absolute atomic E-state index is 12.4. The largest absolute Gasteiger partial charge is 0.362 e. The molecule has 6 heteroatoms. The van der Waals surface area contributed by atoms with Crippen molar-refractivity contribution in [1.29, 1.82) is 0 Å². The first kappa shape index (κ1) is 17.6. The number of anilines is 1. The van der Waals surface area contributed by atoms with Gasteiger partial charge in [-0.2, -0.15) is 0 Å². The van der Waals surface area contributed by atoms with Crippen LogP contribution < -0.4 is 10.5 Å². The number of rotatable bonds is 4. The Morgan fingerprint density at radius 3 is 2.76 bits per heavy atom. The molecule has 0 spiro atoms. The Bertz CT molecular complexity index is 797. The average Bonchev–Trinajstić information content (AvgIpc) is 2.78. The predicted molar refractivity (Wildman–Crippen MR) is 100 cm³/mol. The molecule has 0 fully saturated rings. The van der Waals surface area contributed by atoms with Crippen LogP contribution in [0.25, 0.3) is 0 Å². The highest BCUT2D eigenvalue weighted by atomic mass is 16.1. The van der Waals surface area contributed by atoms with Gasteiger partial charge >= 0.3 is 0 Å². The van der Waals surface area contributed by atoms with Crippen molar-refractivity contribution < 1.29 is 0 Å². The molecule has 3 heterocycles. The summed E-state index contributed by atoms with van der Waals surface area (Å²) in [6.45, 7) is 6.71. The van der Waals surface area contributed by atoms with Crippen molar-refractivity contribution in [3.05, 3.63) is 51.3 Å². The van der Waals surface area contributed by atoms with Crippen LogP contribution in [0, 0.1) is 0 Å². The van der Waals surface area contributed by atoms with Crippen LogP contribution in [0.5, 0.6) is 0 Å². The van der Waals surface area contributed by atoms with Gasteiger partial charge in [-0.1, -0.05) is 19.9 Å². The fourth-order valence-corrected chi connectivity index (χ4v) is 3.30. The lowest BCUT2D eigenvalue weighted by molar-refractivity contribution is 0.279. The number of aromatic amines is 1. The van der Waals surface area contributed by atoms with Crippen molar-refractivity contribution in [1.82, 2.24) is 19.9 Å². The topological polar surface area (TPSA) is 65.1 Å². The third kappa shape index (κ3) is 3.90. The zero-order chi connectivity index (χ0) is 18.0. The van der Waals surface area contributed by atoms with Gasteiger partial charge in [0.15, 0.2) is 0 Å². The van der Waals surface area contributed by atoms with Crippen molar-refractivity contribution in [2.45, 2.75) is 39.2 Å². The quantitative estimate of drug-likeness (QED) is 0.921. The van der Waals surface area contributed by atoms with Gasteiger partial charge in [-0.05, 0) is 12.5 Å². The molecule has 0 atom stereocenters. The van der Waals surface area contributed by atoms with Crippen LogP contribution in [0.15, 0.2) is 23.1 Å². The number of fused-ring (bicyclic) bond motifs is 1. The predicted octanol–water partition coefficient (Wildman–Crippen LogP) is 1.96. The van der Waals surface area contributed by atoms with Gasteiger partial charge in [0.05, 0.1) is 5.69 Å². The van der Waals surface area contributed by atoms with Crippen molar-refractivity contribution in [3.8, 4) is 0 Å². The van der Waals surface area contributed by atoms with Gasteiger partial charge in [0, 0.05) is 63.4 Å². The highest BCUT2D eigenvalue weighted by Gasteiger charge is 2.20. The van der Waals surface area contributed by atoms with E-state index in [0.29, 0.717) is 0 Å². The van der Waals surface area contributed by atoms with Crippen LogP contribution in [0.2, 0.25) is 0 Å². The molecule has 1 aliphatic rings. The van der Waals surface area contributed by atoms with Crippen LogP contribution in [0.4, 0.5) is 5.82 Å². The molecule has 0 unspecified atom stereocenters. The van der Waals surface area contributed by atoms with Crippen LogP contribution in [-0.2, 0) is 19.4 Å². The van der Waals surface area contributed by atoms with E-state index in [4.69, 9.17) is 4.98 Å². The van der Waals surface area contributed by atoms with E-state index in [9.17, 15) is 4.79 Å². The summed E-state index contributed by atoms with van der Waals surface area (Å²) in [5.74, 6) is 2.03. The lowest BCUT2D eigenvalue weighted by Gasteiger charge is -2.23. The van der Waals surface area contributed by atoms with Crippen LogP contribution in [-0.4, -0.2) is 47.0 Å². The summed E-state index contributed by atoms with van der Waals surface area (Å²) in [6, 6.07) is 4.11. The standard InChI is InChI=1S/C19H27N5O/c1-13(2)17-21-16-8-11-24(10-7-15(16)19(25)22-17)12-14-6-5-9-20-18(14)23(3)4/h5-6,9,13H,7-8,10-12H2,1-4H3,(H,21,22,25). The first-order chi connectivity index (χ1) is 12.0. The molecule has 1 aliphatic heterocycles. The minimum Gasteiger partial charge on any atom is -0.362 e. The second-order valence-electron chi connectivity index (χ2n) is 7.19. The molecule has 3 rings (SSSR count). The zero-order valence-electron chi connectivity index (χ0n) is 15.5. The molecule has 0 amide bonds. The number of nitrogens with one attached hydrogen (secondary N) is 1.